The molecule has 0 amide bonds. The second-order valence-electron chi connectivity index (χ2n) is 3.79. The molecule has 1 aromatic rings. The van der Waals surface area contributed by atoms with E-state index in [-0.39, 0.29) is 6.10 Å². The van der Waals surface area contributed by atoms with E-state index in [9.17, 15) is 0 Å². The molecule has 0 spiro atoms. The van der Waals surface area contributed by atoms with E-state index >= 15 is 0 Å². The Balaban J connectivity index is 2.51. The molecular weight excluding hydrogens is 222 g/mol. The van der Waals surface area contributed by atoms with Gasteiger partial charge >= 0.3 is 0 Å². The van der Waals surface area contributed by atoms with Crippen LogP contribution in [0.25, 0.3) is 0 Å². The van der Waals surface area contributed by atoms with Gasteiger partial charge in [-0.25, -0.2) is 0 Å². The Bertz CT molecular complexity index is 352. The maximum atomic E-state index is 5.92. The zero-order chi connectivity index (χ0) is 12.0. The highest BCUT2D eigenvalue weighted by molar-refractivity contribution is 6.30. The Labute approximate surface area is 102 Å². The van der Waals surface area contributed by atoms with Crippen LogP contribution >= 0.6 is 11.6 Å². The van der Waals surface area contributed by atoms with Crippen LogP contribution in [-0.2, 0) is 0 Å². The maximum Gasteiger partial charge on any atom is 0.124 e. The third kappa shape index (κ3) is 4.25. The van der Waals surface area contributed by atoms with Gasteiger partial charge in [-0.2, -0.15) is 0 Å². The molecule has 0 aliphatic heterocycles. The normalized spacial score (nSPS) is 12.2. The van der Waals surface area contributed by atoms with Gasteiger partial charge in [-0.15, -0.1) is 6.58 Å². The lowest BCUT2D eigenvalue weighted by Gasteiger charge is -2.16. The third-order valence-electron chi connectivity index (χ3n) is 2.20. The second-order valence-corrected chi connectivity index (χ2v) is 4.22. The molecule has 0 fully saturated rings. The van der Waals surface area contributed by atoms with Crippen molar-refractivity contribution >= 4 is 11.6 Å². The SMILES string of the molecule is C=CCNCC(C)Oc1cc(Cl)ccc1C. The van der Waals surface area contributed by atoms with Crippen LogP contribution in [0.3, 0.4) is 0 Å². The number of hydrogen-bond acceptors (Lipinski definition) is 2. The molecule has 0 aromatic heterocycles. The van der Waals surface area contributed by atoms with E-state index in [0.717, 1.165) is 24.4 Å². The molecule has 3 heteroatoms. The monoisotopic (exact) mass is 239 g/mol. The molecule has 0 aliphatic carbocycles. The van der Waals surface area contributed by atoms with Gasteiger partial charge in [0.05, 0.1) is 0 Å². The van der Waals surface area contributed by atoms with Gasteiger partial charge in [0.2, 0.25) is 0 Å². The minimum atomic E-state index is 0.108. The Hall–Kier alpha value is -0.990. The summed E-state index contributed by atoms with van der Waals surface area (Å²) in [4.78, 5) is 0. The molecule has 0 saturated carbocycles. The number of nitrogens with one attached hydrogen (secondary N) is 1. The summed E-state index contributed by atoms with van der Waals surface area (Å²) >= 11 is 5.92. The van der Waals surface area contributed by atoms with Gasteiger partial charge in [-0.3, -0.25) is 0 Å². The van der Waals surface area contributed by atoms with Crippen molar-refractivity contribution in [2.45, 2.75) is 20.0 Å². The van der Waals surface area contributed by atoms with E-state index < -0.39 is 0 Å². The summed E-state index contributed by atoms with van der Waals surface area (Å²) in [6.45, 7) is 9.26. The fraction of sp³-hybridized carbons (Fsp3) is 0.385. The summed E-state index contributed by atoms with van der Waals surface area (Å²) in [6.07, 6.45) is 1.94. The predicted molar refractivity (Wildman–Crippen MR) is 69.3 cm³/mol. The van der Waals surface area contributed by atoms with E-state index in [1.54, 1.807) is 0 Å². The average Bonchev–Trinajstić information content (AvgIpc) is 2.24. The molecule has 0 saturated heterocycles. The Morgan fingerprint density at radius 3 is 3.00 bits per heavy atom. The number of rotatable bonds is 6. The zero-order valence-corrected chi connectivity index (χ0v) is 10.6. The first-order chi connectivity index (χ1) is 7.63. The summed E-state index contributed by atoms with van der Waals surface area (Å²) < 4.78 is 5.79. The van der Waals surface area contributed by atoms with Crippen LogP contribution in [0, 0.1) is 6.92 Å². The van der Waals surface area contributed by atoms with Crippen molar-refractivity contribution in [2.24, 2.45) is 0 Å². The summed E-state index contributed by atoms with van der Waals surface area (Å²) in [5, 5.41) is 3.91. The predicted octanol–water partition coefficient (Wildman–Crippen LogP) is 3.19. The smallest absolute Gasteiger partial charge is 0.124 e. The molecule has 0 bridgehead atoms. The summed E-state index contributed by atoms with van der Waals surface area (Å²) in [7, 11) is 0. The van der Waals surface area contributed by atoms with Crippen LogP contribution in [-0.4, -0.2) is 19.2 Å². The Morgan fingerprint density at radius 2 is 2.31 bits per heavy atom. The number of ether oxygens (including phenoxy) is 1. The topological polar surface area (TPSA) is 21.3 Å². The van der Waals surface area contributed by atoms with Gasteiger partial charge in [0, 0.05) is 18.1 Å². The highest BCUT2D eigenvalue weighted by atomic mass is 35.5. The van der Waals surface area contributed by atoms with Crippen molar-refractivity contribution in [3.05, 3.63) is 41.4 Å². The van der Waals surface area contributed by atoms with Crippen molar-refractivity contribution in [1.29, 1.82) is 0 Å². The molecule has 1 atom stereocenters. The van der Waals surface area contributed by atoms with Crippen LogP contribution in [0.1, 0.15) is 12.5 Å². The molecule has 1 unspecified atom stereocenters. The van der Waals surface area contributed by atoms with E-state index in [0.29, 0.717) is 5.02 Å². The van der Waals surface area contributed by atoms with Crippen molar-refractivity contribution in [3.63, 3.8) is 0 Å². The van der Waals surface area contributed by atoms with Gasteiger partial charge in [-0.05, 0) is 31.5 Å². The van der Waals surface area contributed by atoms with Crippen LogP contribution < -0.4 is 10.1 Å². The van der Waals surface area contributed by atoms with Crippen LogP contribution in [0.15, 0.2) is 30.9 Å². The lowest BCUT2D eigenvalue weighted by Crippen LogP contribution is -2.29. The molecule has 2 nitrogen and oxygen atoms in total. The number of hydrogen-bond donors (Lipinski definition) is 1. The van der Waals surface area contributed by atoms with Crippen molar-refractivity contribution in [3.8, 4) is 5.75 Å². The average molecular weight is 240 g/mol. The first kappa shape index (κ1) is 13.1. The summed E-state index contributed by atoms with van der Waals surface area (Å²) in [5.41, 5.74) is 1.10. The molecule has 1 rings (SSSR count). The first-order valence-corrected chi connectivity index (χ1v) is 5.75. The minimum absolute atomic E-state index is 0.108. The lowest BCUT2D eigenvalue weighted by atomic mass is 10.2. The fourth-order valence-electron chi connectivity index (χ4n) is 1.35. The molecule has 16 heavy (non-hydrogen) atoms. The van der Waals surface area contributed by atoms with Gasteiger partial charge in [0.25, 0.3) is 0 Å². The highest BCUT2D eigenvalue weighted by Gasteiger charge is 2.06. The highest BCUT2D eigenvalue weighted by Crippen LogP contribution is 2.23. The van der Waals surface area contributed by atoms with Crippen molar-refractivity contribution in [2.75, 3.05) is 13.1 Å². The molecular formula is C13H18ClNO. The third-order valence-corrected chi connectivity index (χ3v) is 2.43. The Kier molecular flexibility index (Phi) is 5.36. The lowest BCUT2D eigenvalue weighted by molar-refractivity contribution is 0.217. The van der Waals surface area contributed by atoms with E-state index in [1.165, 1.54) is 0 Å². The quantitative estimate of drug-likeness (QED) is 0.608. The van der Waals surface area contributed by atoms with Crippen molar-refractivity contribution in [1.82, 2.24) is 5.32 Å². The number of benzene rings is 1. The number of halogens is 1. The summed E-state index contributed by atoms with van der Waals surface area (Å²) in [6, 6.07) is 5.67. The van der Waals surface area contributed by atoms with E-state index in [1.807, 2.05) is 38.1 Å². The second kappa shape index (κ2) is 6.56. The van der Waals surface area contributed by atoms with Gasteiger partial charge < -0.3 is 10.1 Å². The molecule has 1 aromatic carbocycles. The number of aryl methyl sites for hydroxylation is 1. The summed E-state index contributed by atoms with van der Waals surface area (Å²) in [5.74, 6) is 0.848. The maximum absolute atomic E-state index is 5.92. The van der Waals surface area contributed by atoms with Crippen molar-refractivity contribution < 1.29 is 4.74 Å². The molecule has 0 heterocycles. The largest absolute Gasteiger partial charge is 0.489 e. The van der Waals surface area contributed by atoms with Crippen LogP contribution in [0.4, 0.5) is 0 Å². The van der Waals surface area contributed by atoms with Crippen LogP contribution in [0.2, 0.25) is 5.02 Å². The van der Waals surface area contributed by atoms with Gasteiger partial charge in [-0.1, -0.05) is 23.7 Å². The first-order valence-electron chi connectivity index (χ1n) is 5.38. The van der Waals surface area contributed by atoms with E-state index in [2.05, 4.69) is 11.9 Å². The van der Waals surface area contributed by atoms with Gasteiger partial charge in [0.15, 0.2) is 0 Å². The molecule has 88 valence electrons. The Morgan fingerprint density at radius 1 is 1.56 bits per heavy atom. The molecule has 0 radical (unpaired) electrons. The van der Waals surface area contributed by atoms with E-state index in [4.69, 9.17) is 16.3 Å². The molecule has 0 aliphatic rings. The zero-order valence-electron chi connectivity index (χ0n) is 9.79. The van der Waals surface area contributed by atoms with Crippen LogP contribution in [0.5, 0.6) is 5.75 Å². The fourth-order valence-corrected chi connectivity index (χ4v) is 1.51. The minimum Gasteiger partial charge on any atom is -0.489 e. The molecule has 1 N–H and O–H groups in total. The van der Waals surface area contributed by atoms with Gasteiger partial charge in [0.1, 0.15) is 11.9 Å². The standard InChI is InChI=1S/C13H18ClNO/c1-4-7-15-9-11(3)16-13-8-12(14)6-5-10(13)2/h4-6,8,11,15H,1,7,9H2,2-3H3.